The van der Waals surface area contributed by atoms with E-state index in [1.54, 1.807) is 6.92 Å². The van der Waals surface area contributed by atoms with E-state index < -0.39 is 5.97 Å². The van der Waals surface area contributed by atoms with Gasteiger partial charge in [-0.15, -0.1) is 0 Å². The van der Waals surface area contributed by atoms with Gasteiger partial charge in [-0.1, -0.05) is 46.1 Å². The third-order valence-electron chi connectivity index (χ3n) is 3.20. The number of hydrogen-bond donors (Lipinski definition) is 1. The van der Waals surface area contributed by atoms with Crippen LogP contribution in [-0.4, -0.2) is 11.1 Å². The van der Waals surface area contributed by atoms with Gasteiger partial charge in [0.15, 0.2) is 0 Å². The van der Waals surface area contributed by atoms with Crippen molar-refractivity contribution in [2.75, 3.05) is 0 Å². The molecular formula is C14H26O2. The number of carbonyl (C=O) groups is 1. The molecule has 0 aromatic carbocycles. The molecule has 0 rings (SSSR count). The molecule has 0 aliphatic heterocycles. The molecule has 1 unspecified atom stereocenters. The molecule has 1 N–H and O–H groups in total. The van der Waals surface area contributed by atoms with E-state index in [1.165, 1.54) is 19.3 Å². The highest BCUT2D eigenvalue weighted by Gasteiger charge is 2.12. The summed E-state index contributed by atoms with van der Waals surface area (Å²) < 4.78 is 0. The standard InChI is InChI=1S/C14H26O2/c1-5-6-9-13(11(2)3)10-7-8-12(4)14(15)16/h8,11,13H,5-7,9-10H2,1-4H3,(H,15,16). The summed E-state index contributed by atoms with van der Waals surface area (Å²) in [7, 11) is 0. The second-order valence-electron chi connectivity index (χ2n) is 4.92. The highest BCUT2D eigenvalue weighted by Crippen LogP contribution is 2.23. The second kappa shape index (κ2) is 8.37. The average molecular weight is 226 g/mol. The Morgan fingerprint density at radius 1 is 1.31 bits per heavy atom. The quantitative estimate of drug-likeness (QED) is 0.628. The van der Waals surface area contributed by atoms with Crippen LogP contribution >= 0.6 is 0 Å². The fourth-order valence-electron chi connectivity index (χ4n) is 1.88. The van der Waals surface area contributed by atoms with Crippen LogP contribution in [0.3, 0.4) is 0 Å². The maximum absolute atomic E-state index is 10.6. The normalized spacial score (nSPS) is 14.2. The molecular weight excluding hydrogens is 200 g/mol. The van der Waals surface area contributed by atoms with Gasteiger partial charge in [0.05, 0.1) is 0 Å². The Morgan fingerprint density at radius 2 is 1.94 bits per heavy atom. The third-order valence-corrected chi connectivity index (χ3v) is 3.20. The first-order valence-corrected chi connectivity index (χ1v) is 6.39. The first-order chi connectivity index (χ1) is 7.49. The monoisotopic (exact) mass is 226 g/mol. The summed E-state index contributed by atoms with van der Waals surface area (Å²) in [5.74, 6) is 0.637. The lowest BCUT2D eigenvalue weighted by molar-refractivity contribution is -0.132. The van der Waals surface area contributed by atoms with Crippen LogP contribution in [0.25, 0.3) is 0 Å². The molecule has 0 saturated carbocycles. The molecule has 0 spiro atoms. The fraction of sp³-hybridized carbons (Fsp3) is 0.786. The minimum absolute atomic E-state index is 0.470. The van der Waals surface area contributed by atoms with E-state index >= 15 is 0 Å². The van der Waals surface area contributed by atoms with Crippen molar-refractivity contribution in [3.63, 3.8) is 0 Å². The molecule has 2 heteroatoms. The Balaban J connectivity index is 4.02. The van der Waals surface area contributed by atoms with Crippen LogP contribution in [0, 0.1) is 11.8 Å². The SMILES string of the molecule is CCCCC(CCC=C(C)C(=O)O)C(C)C. The van der Waals surface area contributed by atoms with Gasteiger partial charge in [0.25, 0.3) is 0 Å². The number of rotatable bonds is 8. The van der Waals surface area contributed by atoms with Crippen LogP contribution in [-0.2, 0) is 4.79 Å². The molecule has 0 amide bonds. The van der Waals surface area contributed by atoms with Gasteiger partial charge >= 0.3 is 5.97 Å². The zero-order chi connectivity index (χ0) is 12.6. The lowest BCUT2D eigenvalue weighted by Crippen LogP contribution is -2.08. The Kier molecular flexibility index (Phi) is 7.96. The van der Waals surface area contributed by atoms with Gasteiger partial charge in [-0.25, -0.2) is 4.79 Å². The zero-order valence-electron chi connectivity index (χ0n) is 11.1. The summed E-state index contributed by atoms with van der Waals surface area (Å²) in [4.78, 5) is 10.6. The van der Waals surface area contributed by atoms with Crippen molar-refractivity contribution < 1.29 is 9.90 Å². The smallest absolute Gasteiger partial charge is 0.330 e. The summed E-state index contributed by atoms with van der Waals surface area (Å²) in [5.41, 5.74) is 0.470. The van der Waals surface area contributed by atoms with E-state index in [0.29, 0.717) is 11.5 Å². The van der Waals surface area contributed by atoms with E-state index in [-0.39, 0.29) is 0 Å². The van der Waals surface area contributed by atoms with Crippen LogP contribution in [0.5, 0.6) is 0 Å². The number of aliphatic carboxylic acids is 1. The van der Waals surface area contributed by atoms with Crippen LogP contribution in [0.2, 0.25) is 0 Å². The van der Waals surface area contributed by atoms with Gasteiger partial charge in [0.1, 0.15) is 0 Å². The second-order valence-corrected chi connectivity index (χ2v) is 4.92. The van der Waals surface area contributed by atoms with E-state index in [4.69, 9.17) is 5.11 Å². The first kappa shape index (κ1) is 15.2. The van der Waals surface area contributed by atoms with Crippen molar-refractivity contribution in [1.82, 2.24) is 0 Å². The zero-order valence-corrected chi connectivity index (χ0v) is 11.1. The molecule has 2 nitrogen and oxygen atoms in total. The lowest BCUT2D eigenvalue weighted by Gasteiger charge is -2.19. The van der Waals surface area contributed by atoms with Gasteiger partial charge in [0, 0.05) is 5.57 Å². The molecule has 0 aromatic heterocycles. The summed E-state index contributed by atoms with van der Waals surface area (Å²) in [5, 5.41) is 8.73. The van der Waals surface area contributed by atoms with Crippen LogP contribution in [0.1, 0.15) is 59.8 Å². The van der Waals surface area contributed by atoms with Crippen LogP contribution in [0.4, 0.5) is 0 Å². The number of carboxylic acids is 1. The molecule has 0 fully saturated rings. The van der Waals surface area contributed by atoms with Crippen molar-refractivity contribution in [1.29, 1.82) is 0 Å². The fourth-order valence-corrected chi connectivity index (χ4v) is 1.88. The Hall–Kier alpha value is -0.790. The number of unbranched alkanes of at least 4 members (excludes halogenated alkanes) is 1. The minimum atomic E-state index is -0.797. The maximum atomic E-state index is 10.6. The number of carboxylic acid groups (broad SMARTS) is 1. The molecule has 0 aromatic rings. The first-order valence-electron chi connectivity index (χ1n) is 6.39. The highest BCUT2D eigenvalue weighted by molar-refractivity contribution is 5.85. The number of hydrogen-bond acceptors (Lipinski definition) is 1. The van der Waals surface area contributed by atoms with Crippen LogP contribution in [0.15, 0.2) is 11.6 Å². The molecule has 16 heavy (non-hydrogen) atoms. The lowest BCUT2D eigenvalue weighted by atomic mass is 9.86. The van der Waals surface area contributed by atoms with Gasteiger partial charge in [-0.2, -0.15) is 0 Å². The Morgan fingerprint density at radius 3 is 2.38 bits per heavy atom. The Labute approximate surface area is 99.7 Å². The van der Waals surface area contributed by atoms with Crippen molar-refractivity contribution >= 4 is 5.97 Å². The predicted octanol–water partition coefficient (Wildman–Crippen LogP) is 4.26. The van der Waals surface area contributed by atoms with E-state index in [2.05, 4.69) is 20.8 Å². The van der Waals surface area contributed by atoms with E-state index in [1.807, 2.05) is 6.08 Å². The summed E-state index contributed by atoms with van der Waals surface area (Å²) in [6.07, 6.45) is 7.66. The molecule has 0 heterocycles. The van der Waals surface area contributed by atoms with E-state index in [0.717, 1.165) is 18.8 Å². The average Bonchev–Trinajstić information content (AvgIpc) is 2.21. The van der Waals surface area contributed by atoms with Gasteiger partial charge in [0.2, 0.25) is 0 Å². The molecule has 1 atom stereocenters. The highest BCUT2D eigenvalue weighted by atomic mass is 16.4. The van der Waals surface area contributed by atoms with Gasteiger partial charge in [-0.3, -0.25) is 0 Å². The molecule has 0 radical (unpaired) electrons. The van der Waals surface area contributed by atoms with Crippen LogP contribution < -0.4 is 0 Å². The van der Waals surface area contributed by atoms with Crippen molar-refractivity contribution in [3.8, 4) is 0 Å². The summed E-state index contributed by atoms with van der Waals surface area (Å²) >= 11 is 0. The third kappa shape index (κ3) is 6.65. The minimum Gasteiger partial charge on any atom is -0.478 e. The van der Waals surface area contributed by atoms with E-state index in [9.17, 15) is 4.79 Å². The maximum Gasteiger partial charge on any atom is 0.330 e. The molecule has 0 bridgehead atoms. The predicted molar refractivity (Wildman–Crippen MR) is 68.5 cm³/mol. The van der Waals surface area contributed by atoms with Crippen molar-refractivity contribution in [2.24, 2.45) is 11.8 Å². The molecule has 0 saturated heterocycles. The van der Waals surface area contributed by atoms with Crippen molar-refractivity contribution in [3.05, 3.63) is 11.6 Å². The summed E-state index contributed by atoms with van der Waals surface area (Å²) in [6, 6.07) is 0. The molecule has 94 valence electrons. The Bertz CT molecular complexity index is 229. The topological polar surface area (TPSA) is 37.3 Å². The molecule has 0 aliphatic rings. The summed E-state index contributed by atoms with van der Waals surface area (Å²) in [6.45, 7) is 8.40. The largest absolute Gasteiger partial charge is 0.478 e. The molecule has 0 aliphatic carbocycles. The number of allylic oxidation sites excluding steroid dienone is 1. The van der Waals surface area contributed by atoms with Gasteiger partial charge in [-0.05, 0) is 31.6 Å². The van der Waals surface area contributed by atoms with Gasteiger partial charge < -0.3 is 5.11 Å². The van der Waals surface area contributed by atoms with Crippen molar-refractivity contribution in [2.45, 2.75) is 59.8 Å².